The molecule has 4 rings (SSSR count). The number of carboxylic acid groups (broad SMARTS) is 1. The molecule has 1 aliphatic rings. The first-order valence-corrected chi connectivity index (χ1v) is 10.4. The molecule has 3 aromatic rings. The lowest BCUT2D eigenvalue weighted by molar-refractivity contribution is -0.138. The van der Waals surface area contributed by atoms with Gasteiger partial charge in [-0.1, -0.05) is 24.3 Å². The Balaban J connectivity index is 1.57. The summed E-state index contributed by atoms with van der Waals surface area (Å²) in [6.07, 6.45) is -2.70. The van der Waals surface area contributed by atoms with Crippen molar-refractivity contribution in [1.82, 2.24) is 0 Å². The maximum absolute atomic E-state index is 13.9. The Bertz CT molecular complexity index is 1300. The van der Waals surface area contributed by atoms with Gasteiger partial charge in [0.1, 0.15) is 18.2 Å². The zero-order chi connectivity index (χ0) is 24.5. The zero-order valence-electron chi connectivity index (χ0n) is 18.1. The van der Waals surface area contributed by atoms with Crippen LogP contribution in [0.5, 0.6) is 5.75 Å². The minimum absolute atomic E-state index is 0.156. The van der Waals surface area contributed by atoms with E-state index in [4.69, 9.17) is 4.74 Å². The third-order valence-corrected chi connectivity index (χ3v) is 5.63. The monoisotopic (exact) mass is 468 g/mol. The molecule has 0 aromatic heterocycles. The molecule has 1 N–H and O–H groups in total. The summed E-state index contributed by atoms with van der Waals surface area (Å²) in [7, 11) is 0. The van der Waals surface area contributed by atoms with Crippen LogP contribution in [0.1, 0.15) is 41.2 Å². The van der Waals surface area contributed by atoms with Crippen LogP contribution in [0.15, 0.2) is 72.3 Å². The SMILES string of the molecule is CC1=C(CC(=O)O)c2cc(F)ccc2/C1=C\c1cccc(COc2ccc(C(F)(F)F)cc2)c1. The van der Waals surface area contributed by atoms with E-state index in [2.05, 4.69) is 0 Å². The van der Waals surface area contributed by atoms with Crippen LogP contribution in [-0.2, 0) is 17.6 Å². The molecule has 0 unspecified atom stereocenters. The Kier molecular flexibility index (Phi) is 6.28. The molecule has 0 bridgehead atoms. The number of ether oxygens (including phenoxy) is 1. The number of alkyl halides is 3. The van der Waals surface area contributed by atoms with Gasteiger partial charge in [0.15, 0.2) is 0 Å². The van der Waals surface area contributed by atoms with Gasteiger partial charge in [-0.3, -0.25) is 4.79 Å². The van der Waals surface area contributed by atoms with Gasteiger partial charge in [-0.2, -0.15) is 13.2 Å². The fourth-order valence-electron chi connectivity index (χ4n) is 3.98. The summed E-state index contributed by atoms with van der Waals surface area (Å²) in [6, 6.07) is 16.3. The first kappa shape index (κ1) is 23.3. The number of rotatable bonds is 6. The smallest absolute Gasteiger partial charge is 0.416 e. The van der Waals surface area contributed by atoms with Crippen LogP contribution in [0, 0.1) is 5.82 Å². The average Bonchev–Trinajstić information content (AvgIpc) is 3.02. The first-order valence-electron chi connectivity index (χ1n) is 10.4. The number of aliphatic carboxylic acids is 1. The fraction of sp³-hybridized carbons (Fsp3) is 0.148. The van der Waals surface area contributed by atoms with E-state index in [0.717, 1.165) is 40.0 Å². The summed E-state index contributed by atoms with van der Waals surface area (Å²) >= 11 is 0. The quantitative estimate of drug-likeness (QED) is 0.389. The summed E-state index contributed by atoms with van der Waals surface area (Å²) in [5.41, 5.74) is 4.40. The second kappa shape index (κ2) is 9.17. The van der Waals surface area contributed by atoms with Gasteiger partial charge >= 0.3 is 12.1 Å². The van der Waals surface area contributed by atoms with Gasteiger partial charge < -0.3 is 9.84 Å². The molecule has 0 fully saturated rings. The maximum Gasteiger partial charge on any atom is 0.416 e. The summed E-state index contributed by atoms with van der Waals surface area (Å²) in [5.74, 6) is -1.10. The summed E-state index contributed by atoms with van der Waals surface area (Å²) < 4.78 is 57.6. The minimum Gasteiger partial charge on any atom is -0.489 e. The molecule has 1 aliphatic carbocycles. The molecule has 0 saturated carbocycles. The molecule has 0 atom stereocenters. The van der Waals surface area contributed by atoms with Gasteiger partial charge in [-0.05, 0) is 94.4 Å². The highest BCUT2D eigenvalue weighted by Gasteiger charge is 2.30. The van der Waals surface area contributed by atoms with E-state index in [-0.39, 0.29) is 13.0 Å². The molecule has 3 nitrogen and oxygen atoms in total. The Morgan fingerprint density at radius 2 is 1.74 bits per heavy atom. The lowest BCUT2D eigenvalue weighted by Crippen LogP contribution is -2.04. The first-order chi connectivity index (χ1) is 16.1. The number of carboxylic acids is 1. The highest BCUT2D eigenvalue weighted by atomic mass is 19.4. The van der Waals surface area contributed by atoms with Gasteiger partial charge in [-0.15, -0.1) is 0 Å². The van der Waals surface area contributed by atoms with Crippen molar-refractivity contribution in [2.75, 3.05) is 0 Å². The highest BCUT2D eigenvalue weighted by Crippen LogP contribution is 2.43. The average molecular weight is 468 g/mol. The number of allylic oxidation sites excluding steroid dienone is 2. The van der Waals surface area contributed by atoms with Crippen LogP contribution >= 0.6 is 0 Å². The van der Waals surface area contributed by atoms with Gasteiger partial charge in [0.2, 0.25) is 0 Å². The molecule has 0 radical (unpaired) electrons. The van der Waals surface area contributed by atoms with Crippen LogP contribution in [-0.4, -0.2) is 11.1 Å². The van der Waals surface area contributed by atoms with Crippen molar-refractivity contribution in [1.29, 1.82) is 0 Å². The van der Waals surface area contributed by atoms with Crippen LogP contribution in [0.25, 0.3) is 17.2 Å². The lowest BCUT2D eigenvalue weighted by Gasteiger charge is -2.10. The Morgan fingerprint density at radius 3 is 2.41 bits per heavy atom. The number of benzene rings is 3. The Labute approximate surface area is 193 Å². The van der Waals surface area contributed by atoms with Crippen molar-refractivity contribution in [2.24, 2.45) is 0 Å². The molecular weight excluding hydrogens is 448 g/mol. The predicted octanol–water partition coefficient (Wildman–Crippen LogP) is 7.23. The minimum atomic E-state index is -4.40. The largest absolute Gasteiger partial charge is 0.489 e. The van der Waals surface area contributed by atoms with Crippen molar-refractivity contribution in [3.63, 3.8) is 0 Å². The lowest BCUT2D eigenvalue weighted by atomic mass is 10.00. The molecule has 0 saturated heterocycles. The highest BCUT2D eigenvalue weighted by molar-refractivity contribution is 6.07. The van der Waals surface area contributed by atoms with E-state index < -0.39 is 23.5 Å². The van der Waals surface area contributed by atoms with Gasteiger partial charge in [-0.25, -0.2) is 4.39 Å². The summed E-state index contributed by atoms with van der Waals surface area (Å²) in [4.78, 5) is 11.3. The third-order valence-electron chi connectivity index (χ3n) is 5.63. The van der Waals surface area contributed by atoms with Crippen molar-refractivity contribution in [3.8, 4) is 5.75 Å². The number of carbonyl (C=O) groups is 1. The maximum atomic E-state index is 13.9. The molecule has 3 aromatic carbocycles. The normalized spacial score (nSPS) is 14.4. The second-order valence-corrected chi connectivity index (χ2v) is 7.98. The van der Waals surface area contributed by atoms with Gasteiger partial charge in [0.05, 0.1) is 12.0 Å². The topological polar surface area (TPSA) is 46.5 Å². The number of hydrogen-bond acceptors (Lipinski definition) is 2. The van der Waals surface area contributed by atoms with E-state index in [1.807, 2.05) is 37.3 Å². The fourth-order valence-corrected chi connectivity index (χ4v) is 3.98. The Hall–Kier alpha value is -3.87. The van der Waals surface area contributed by atoms with Crippen LogP contribution in [0.4, 0.5) is 17.6 Å². The van der Waals surface area contributed by atoms with E-state index >= 15 is 0 Å². The molecule has 34 heavy (non-hydrogen) atoms. The zero-order valence-corrected chi connectivity index (χ0v) is 18.1. The van der Waals surface area contributed by atoms with E-state index in [1.54, 1.807) is 6.07 Å². The molecule has 174 valence electrons. The van der Waals surface area contributed by atoms with Crippen LogP contribution < -0.4 is 4.74 Å². The van der Waals surface area contributed by atoms with Crippen molar-refractivity contribution >= 4 is 23.2 Å². The third kappa shape index (κ3) is 5.03. The standard InChI is InChI=1S/C27H20F4O3/c1-16-23(22-10-7-20(28)13-25(22)24(16)14-26(32)33)12-17-3-2-4-18(11-17)15-34-21-8-5-19(6-9-21)27(29,30)31/h2-13H,14-15H2,1H3,(H,32,33)/b23-12-. The Morgan fingerprint density at radius 1 is 1.00 bits per heavy atom. The molecule has 7 heteroatoms. The van der Waals surface area contributed by atoms with Crippen LogP contribution in [0.2, 0.25) is 0 Å². The van der Waals surface area contributed by atoms with E-state index in [9.17, 15) is 27.5 Å². The summed E-state index contributed by atoms with van der Waals surface area (Å²) in [6.45, 7) is 1.98. The number of fused-ring (bicyclic) bond motifs is 1. The van der Waals surface area contributed by atoms with Gasteiger partial charge in [0, 0.05) is 0 Å². The van der Waals surface area contributed by atoms with Crippen LogP contribution in [0.3, 0.4) is 0 Å². The van der Waals surface area contributed by atoms with E-state index in [0.29, 0.717) is 16.9 Å². The predicted molar refractivity (Wildman–Crippen MR) is 121 cm³/mol. The molecular formula is C27H20F4O3. The number of hydrogen-bond donors (Lipinski definition) is 1. The molecule has 0 heterocycles. The van der Waals surface area contributed by atoms with Gasteiger partial charge in [0.25, 0.3) is 0 Å². The number of halogens is 4. The second-order valence-electron chi connectivity index (χ2n) is 7.98. The van der Waals surface area contributed by atoms with Crippen molar-refractivity contribution in [2.45, 2.75) is 26.1 Å². The molecule has 0 amide bonds. The summed E-state index contributed by atoms with van der Waals surface area (Å²) in [5, 5.41) is 9.29. The van der Waals surface area contributed by atoms with Crippen molar-refractivity contribution in [3.05, 3.63) is 106 Å². The molecule has 0 spiro atoms. The van der Waals surface area contributed by atoms with Crippen molar-refractivity contribution < 1.29 is 32.2 Å². The molecule has 0 aliphatic heterocycles. The van der Waals surface area contributed by atoms with E-state index in [1.165, 1.54) is 24.3 Å².